The number of rotatable bonds is 10. The van der Waals surface area contributed by atoms with Crippen molar-refractivity contribution >= 4 is 11.6 Å². The first-order valence-electron chi connectivity index (χ1n) is 12.0. The summed E-state index contributed by atoms with van der Waals surface area (Å²) in [4.78, 5) is 2.26. The van der Waals surface area contributed by atoms with Gasteiger partial charge in [-0.3, -0.25) is 9.58 Å². The highest BCUT2D eigenvalue weighted by Gasteiger charge is 2.34. The van der Waals surface area contributed by atoms with Crippen molar-refractivity contribution in [3.05, 3.63) is 70.5 Å². The molecule has 1 N–H and O–H groups in total. The normalized spacial score (nSPS) is 18.4. The highest BCUT2D eigenvalue weighted by molar-refractivity contribution is 6.32. The molecule has 0 amide bonds. The molecule has 0 unspecified atom stereocenters. The molecule has 8 heteroatoms. The van der Waals surface area contributed by atoms with E-state index in [1.165, 1.54) is 0 Å². The van der Waals surface area contributed by atoms with Crippen LogP contribution in [0.15, 0.2) is 48.8 Å². The monoisotopic (exact) mass is 499 g/mol. The van der Waals surface area contributed by atoms with Gasteiger partial charge in [0.15, 0.2) is 11.5 Å². The SMILES string of the molecule is COc1ccc(CN2CCC[C@](O)(COc3cc(C)c(Cl)c(C)c3)C2)cc1OCCn1cccn1. The minimum absolute atomic E-state index is 0.244. The smallest absolute Gasteiger partial charge is 0.161 e. The molecule has 0 saturated carbocycles. The average Bonchev–Trinajstić information content (AvgIpc) is 3.35. The molecule has 2 aromatic carbocycles. The van der Waals surface area contributed by atoms with Crippen molar-refractivity contribution in [2.24, 2.45) is 0 Å². The van der Waals surface area contributed by atoms with Crippen molar-refractivity contribution in [1.82, 2.24) is 14.7 Å². The zero-order valence-electron chi connectivity index (χ0n) is 20.7. The van der Waals surface area contributed by atoms with E-state index in [1.54, 1.807) is 13.3 Å². The number of benzene rings is 2. The van der Waals surface area contributed by atoms with Crippen LogP contribution in [0.4, 0.5) is 0 Å². The van der Waals surface area contributed by atoms with Crippen LogP contribution in [0.5, 0.6) is 17.2 Å². The number of aryl methyl sites for hydroxylation is 2. The zero-order chi connectivity index (χ0) is 24.8. The predicted octanol–water partition coefficient (Wildman–Crippen LogP) is 4.65. The molecule has 1 atom stereocenters. The molecular formula is C27H34ClN3O4. The number of aromatic nitrogens is 2. The van der Waals surface area contributed by atoms with Gasteiger partial charge in [-0.05, 0) is 80.3 Å². The van der Waals surface area contributed by atoms with Gasteiger partial charge in [-0.2, -0.15) is 5.10 Å². The number of aliphatic hydroxyl groups is 1. The number of hydrogen-bond donors (Lipinski definition) is 1. The summed E-state index contributed by atoms with van der Waals surface area (Å²) < 4.78 is 19.3. The lowest BCUT2D eigenvalue weighted by Gasteiger charge is -2.39. The van der Waals surface area contributed by atoms with Gasteiger partial charge < -0.3 is 19.3 Å². The summed E-state index contributed by atoms with van der Waals surface area (Å²) in [5, 5.41) is 16.2. The Morgan fingerprint density at radius 1 is 1.11 bits per heavy atom. The molecule has 188 valence electrons. The highest BCUT2D eigenvalue weighted by Crippen LogP contribution is 2.31. The molecule has 3 aromatic rings. The number of halogens is 1. The Kier molecular flexibility index (Phi) is 8.21. The maximum atomic E-state index is 11.3. The fourth-order valence-electron chi connectivity index (χ4n) is 4.54. The molecule has 0 radical (unpaired) electrons. The van der Waals surface area contributed by atoms with Gasteiger partial charge in [0.2, 0.25) is 0 Å². The van der Waals surface area contributed by atoms with E-state index in [-0.39, 0.29) is 6.61 Å². The molecule has 1 fully saturated rings. The van der Waals surface area contributed by atoms with Crippen LogP contribution < -0.4 is 14.2 Å². The van der Waals surface area contributed by atoms with Crippen LogP contribution in [0.2, 0.25) is 5.02 Å². The van der Waals surface area contributed by atoms with E-state index in [0.29, 0.717) is 44.2 Å². The Labute approximate surface area is 212 Å². The Morgan fingerprint density at radius 2 is 1.91 bits per heavy atom. The van der Waals surface area contributed by atoms with E-state index in [0.717, 1.165) is 40.4 Å². The van der Waals surface area contributed by atoms with E-state index in [4.69, 9.17) is 25.8 Å². The van der Waals surface area contributed by atoms with E-state index in [1.807, 2.05) is 61.1 Å². The lowest BCUT2D eigenvalue weighted by Crippen LogP contribution is -2.51. The van der Waals surface area contributed by atoms with Crippen LogP contribution in [0.25, 0.3) is 0 Å². The predicted molar refractivity (Wildman–Crippen MR) is 137 cm³/mol. The second kappa shape index (κ2) is 11.3. The third-order valence-corrected chi connectivity index (χ3v) is 6.92. The van der Waals surface area contributed by atoms with Crippen LogP contribution in [0.3, 0.4) is 0 Å². The van der Waals surface area contributed by atoms with Crippen LogP contribution in [0.1, 0.15) is 29.5 Å². The van der Waals surface area contributed by atoms with Gasteiger partial charge in [-0.15, -0.1) is 0 Å². The van der Waals surface area contributed by atoms with Crippen LogP contribution in [-0.4, -0.2) is 58.8 Å². The summed E-state index contributed by atoms with van der Waals surface area (Å²) in [5.74, 6) is 2.15. The number of piperidine rings is 1. The van der Waals surface area contributed by atoms with Gasteiger partial charge in [0.05, 0.1) is 13.7 Å². The van der Waals surface area contributed by atoms with Crippen molar-refractivity contribution in [3.63, 3.8) is 0 Å². The van der Waals surface area contributed by atoms with Crippen molar-refractivity contribution in [3.8, 4) is 17.2 Å². The highest BCUT2D eigenvalue weighted by atomic mass is 35.5. The number of likely N-dealkylation sites (tertiary alicyclic amines) is 1. The average molecular weight is 500 g/mol. The summed E-state index contributed by atoms with van der Waals surface area (Å²) in [6, 6.07) is 11.7. The number of hydrogen-bond acceptors (Lipinski definition) is 6. The van der Waals surface area contributed by atoms with Crippen molar-refractivity contribution in [2.75, 3.05) is 33.4 Å². The Bertz CT molecular complexity index is 1100. The summed E-state index contributed by atoms with van der Waals surface area (Å²) in [6.07, 6.45) is 5.28. The molecule has 7 nitrogen and oxygen atoms in total. The van der Waals surface area contributed by atoms with Gasteiger partial charge in [0.1, 0.15) is 24.6 Å². The summed E-state index contributed by atoms with van der Waals surface area (Å²) >= 11 is 6.27. The van der Waals surface area contributed by atoms with Crippen molar-refractivity contribution < 1.29 is 19.3 Å². The quantitative estimate of drug-likeness (QED) is 0.438. The van der Waals surface area contributed by atoms with Crippen molar-refractivity contribution in [1.29, 1.82) is 0 Å². The fraction of sp³-hybridized carbons (Fsp3) is 0.444. The minimum Gasteiger partial charge on any atom is -0.493 e. The molecular weight excluding hydrogens is 466 g/mol. The van der Waals surface area contributed by atoms with Gasteiger partial charge >= 0.3 is 0 Å². The first-order chi connectivity index (χ1) is 16.8. The largest absolute Gasteiger partial charge is 0.493 e. The maximum Gasteiger partial charge on any atom is 0.161 e. The van der Waals surface area contributed by atoms with Crippen LogP contribution in [-0.2, 0) is 13.1 Å². The van der Waals surface area contributed by atoms with Crippen molar-refractivity contribution in [2.45, 2.75) is 45.4 Å². The van der Waals surface area contributed by atoms with Crippen LogP contribution >= 0.6 is 11.6 Å². The Balaban J connectivity index is 1.36. The van der Waals surface area contributed by atoms with Crippen LogP contribution in [0, 0.1) is 13.8 Å². The Morgan fingerprint density at radius 3 is 2.63 bits per heavy atom. The molecule has 0 bridgehead atoms. The molecule has 35 heavy (non-hydrogen) atoms. The molecule has 2 heterocycles. The molecule has 1 aliphatic heterocycles. The first kappa shape index (κ1) is 25.4. The topological polar surface area (TPSA) is 69.0 Å². The lowest BCUT2D eigenvalue weighted by atomic mass is 9.93. The molecule has 4 rings (SSSR count). The molecule has 1 aromatic heterocycles. The number of ether oxygens (including phenoxy) is 3. The molecule has 1 saturated heterocycles. The van der Waals surface area contributed by atoms with Gasteiger partial charge in [-0.25, -0.2) is 0 Å². The third-order valence-electron chi connectivity index (χ3n) is 6.32. The minimum atomic E-state index is -0.907. The second-order valence-corrected chi connectivity index (χ2v) is 9.68. The standard InChI is InChI=1S/C27H34ClN3O4/c1-20-14-23(15-21(2)26(20)28)35-19-27(32)8-4-10-30(18-27)17-22-6-7-24(33-3)25(16-22)34-13-12-31-11-5-9-29-31/h5-7,9,11,14-16,32H,4,8,10,12-13,17-19H2,1-3H3/t27-/m1/s1. The zero-order valence-corrected chi connectivity index (χ0v) is 21.4. The fourth-order valence-corrected chi connectivity index (χ4v) is 4.65. The summed E-state index contributed by atoms with van der Waals surface area (Å²) in [7, 11) is 1.64. The van der Waals surface area contributed by atoms with E-state index in [9.17, 15) is 5.11 Å². The van der Waals surface area contributed by atoms with Gasteiger partial charge in [-0.1, -0.05) is 17.7 Å². The Hall–Kier alpha value is -2.74. The summed E-state index contributed by atoms with van der Waals surface area (Å²) in [6.45, 7) is 7.49. The molecule has 0 spiro atoms. The van der Waals surface area contributed by atoms with E-state index < -0.39 is 5.60 Å². The second-order valence-electron chi connectivity index (χ2n) is 9.30. The lowest BCUT2D eigenvalue weighted by molar-refractivity contribution is -0.0621. The summed E-state index contributed by atoms with van der Waals surface area (Å²) in [5.41, 5.74) is 2.14. The third kappa shape index (κ3) is 6.69. The molecule has 0 aliphatic carbocycles. The van der Waals surface area contributed by atoms with E-state index in [2.05, 4.69) is 10.00 Å². The molecule has 1 aliphatic rings. The maximum absolute atomic E-state index is 11.3. The van der Waals surface area contributed by atoms with Gasteiger partial charge in [0, 0.05) is 30.5 Å². The number of β-amino-alcohol motifs (C(OH)–C–C–N with tert-alkyl or cyclic N) is 1. The number of nitrogens with zero attached hydrogens (tertiary/aromatic N) is 3. The van der Waals surface area contributed by atoms with E-state index >= 15 is 0 Å². The number of methoxy groups -OCH3 is 1. The van der Waals surface area contributed by atoms with Gasteiger partial charge in [0.25, 0.3) is 0 Å². The first-order valence-corrected chi connectivity index (χ1v) is 12.3.